The van der Waals surface area contributed by atoms with Gasteiger partial charge in [-0.25, -0.2) is 28.7 Å². The Balaban J connectivity index is 1.65. The molecule has 4 aromatic heterocycles. The Morgan fingerprint density at radius 2 is 2.03 bits per heavy atom. The Morgan fingerprint density at radius 3 is 2.79 bits per heavy atom. The molecule has 0 radical (unpaired) electrons. The summed E-state index contributed by atoms with van der Waals surface area (Å²) in [6.45, 7) is 1.85. The lowest BCUT2D eigenvalue weighted by atomic mass is 10.2. The monoisotopic (exact) mass is 456 g/mol. The molecule has 4 heterocycles. The van der Waals surface area contributed by atoms with Crippen LogP contribution in [0.2, 0.25) is 0 Å². The van der Waals surface area contributed by atoms with Gasteiger partial charge in [-0.05, 0) is 19.1 Å². The molecule has 0 saturated carbocycles. The number of aromatic nitrogens is 8. The number of nitrogen functional groups attached to an aromatic ring is 1. The van der Waals surface area contributed by atoms with Gasteiger partial charge in [-0.15, -0.1) is 5.10 Å². The van der Waals surface area contributed by atoms with Crippen LogP contribution in [0.4, 0.5) is 10.2 Å². The van der Waals surface area contributed by atoms with E-state index in [4.69, 9.17) is 15.6 Å². The summed E-state index contributed by atoms with van der Waals surface area (Å²) in [5, 5.41) is 22.8. The van der Waals surface area contributed by atoms with Crippen molar-refractivity contribution in [2.45, 2.75) is 13.0 Å². The summed E-state index contributed by atoms with van der Waals surface area (Å²) >= 11 is 0. The highest BCUT2D eigenvalue weighted by Crippen LogP contribution is 2.33. The fraction of sp³-hybridized carbons (Fsp3) is 0.136. The SMILES string of the molecule is COc1cc(C#N)nc(-c2nn(C(C)c3cn(-c4ccccc4F)nn3)c3ncnc(N)c23)c1. The number of pyridine rings is 1. The molecule has 1 atom stereocenters. The van der Waals surface area contributed by atoms with Crippen LogP contribution >= 0.6 is 0 Å². The highest BCUT2D eigenvalue weighted by atomic mass is 19.1. The summed E-state index contributed by atoms with van der Waals surface area (Å²) in [5.74, 6) is 0.230. The second kappa shape index (κ2) is 8.21. The summed E-state index contributed by atoms with van der Waals surface area (Å²) in [6.07, 6.45) is 2.96. The first-order valence-electron chi connectivity index (χ1n) is 10.1. The minimum atomic E-state index is -0.452. The molecule has 11 nitrogen and oxygen atoms in total. The van der Waals surface area contributed by atoms with Gasteiger partial charge in [0.05, 0.1) is 30.4 Å². The lowest BCUT2D eigenvalue weighted by Gasteiger charge is -2.09. The quantitative estimate of drug-likeness (QED) is 0.421. The molecule has 0 aliphatic carbocycles. The summed E-state index contributed by atoms with van der Waals surface area (Å²) < 4.78 is 22.5. The largest absolute Gasteiger partial charge is 0.497 e. The first-order valence-corrected chi connectivity index (χ1v) is 10.1. The van der Waals surface area contributed by atoms with Crippen molar-refractivity contribution in [3.63, 3.8) is 0 Å². The van der Waals surface area contributed by atoms with E-state index in [2.05, 4.69) is 25.3 Å². The van der Waals surface area contributed by atoms with Crippen molar-refractivity contribution in [1.82, 2.24) is 39.7 Å². The standard InChI is InChI=1S/C22H17FN10O/c1-12(17-10-32(31-29-17)18-6-4-3-5-15(18)23)33-22-19(21(25)26-11-27-22)20(30-33)16-8-14(34-2)7-13(9-24)28-16/h3-8,10-12H,1-2H3,(H2,25,26,27). The van der Waals surface area contributed by atoms with Crippen molar-refractivity contribution in [2.75, 3.05) is 12.8 Å². The van der Waals surface area contributed by atoms with E-state index < -0.39 is 11.9 Å². The Hall–Kier alpha value is -4.92. The predicted octanol–water partition coefficient (Wildman–Crippen LogP) is 2.68. The Kier molecular flexibility index (Phi) is 5.06. The van der Waals surface area contributed by atoms with Crippen molar-refractivity contribution in [3.8, 4) is 28.9 Å². The Labute approximate surface area is 192 Å². The lowest BCUT2D eigenvalue weighted by molar-refractivity contribution is 0.414. The molecule has 0 aliphatic rings. The van der Waals surface area contributed by atoms with E-state index in [-0.39, 0.29) is 17.2 Å². The van der Waals surface area contributed by atoms with Gasteiger partial charge in [-0.2, -0.15) is 10.4 Å². The lowest BCUT2D eigenvalue weighted by Crippen LogP contribution is -2.10. The predicted molar refractivity (Wildman–Crippen MR) is 119 cm³/mol. The van der Waals surface area contributed by atoms with Crippen molar-refractivity contribution >= 4 is 16.9 Å². The van der Waals surface area contributed by atoms with E-state index in [0.717, 1.165) is 0 Å². The molecule has 0 spiro atoms. The van der Waals surface area contributed by atoms with Crippen molar-refractivity contribution in [3.05, 3.63) is 66.1 Å². The topological polar surface area (TPSA) is 146 Å². The number of nitrogens with two attached hydrogens (primary N) is 1. The zero-order valence-corrected chi connectivity index (χ0v) is 18.1. The van der Waals surface area contributed by atoms with E-state index >= 15 is 0 Å². The molecule has 0 aliphatic heterocycles. The van der Waals surface area contributed by atoms with Gasteiger partial charge < -0.3 is 10.5 Å². The maximum absolute atomic E-state index is 14.2. The Bertz CT molecular complexity index is 1570. The molecular formula is C22H17FN10O. The molecule has 34 heavy (non-hydrogen) atoms. The number of benzene rings is 1. The molecule has 0 saturated heterocycles. The third-order valence-corrected chi connectivity index (χ3v) is 5.32. The molecule has 0 bridgehead atoms. The van der Waals surface area contributed by atoms with Gasteiger partial charge >= 0.3 is 0 Å². The number of nitriles is 1. The minimum Gasteiger partial charge on any atom is -0.497 e. The first kappa shape index (κ1) is 21.0. The van der Waals surface area contributed by atoms with E-state index in [1.807, 2.05) is 13.0 Å². The van der Waals surface area contributed by atoms with Crippen LogP contribution in [0.1, 0.15) is 24.4 Å². The Morgan fingerprint density at radius 1 is 1.21 bits per heavy atom. The number of ether oxygens (including phenoxy) is 1. The fourth-order valence-electron chi connectivity index (χ4n) is 3.60. The van der Waals surface area contributed by atoms with Gasteiger partial charge in [0.25, 0.3) is 0 Å². The van der Waals surface area contributed by atoms with E-state index in [0.29, 0.717) is 33.9 Å². The normalized spacial score (nSPS) is 11.9. The molecular weight excluding hydrogens is 439 g/mol. The second-order valence-corrected chi connectivity index (χ2v) is 7.36. The van der Waals surface area contributed by atoms with Crippen LogP contribution in [-0.4, -0.2) is 46.8 Å². The van der Waals surface area contributed by atoms with Crippen LogP contribution in [0.15, 0.2) is 48.9 Å². The second-order valence-electron chi connectivity index (χ2n) is 7.36. The average Bonchev–Trinajstić information content (AvgIpc) is 3.50. The number of para-hydroxylation sites is 1. The number of nitrogens with zero attached hydrogens (tertiary/aromatic N) is 9. The highest BCUT2D eigenvalue weighted by Gasteiger charge is 2.24. The summed E-state index contributed by atoms with van der Waals surface area (Å²) in [5.41, 5.74) is 8.34. The zero-order valence-electron chi connectivity index (χ0n) is 18.1. The number of anilines is 1. The number of halogens is 1. The van der Waals surface area contributed by atoms with Crippen LogP contribution in [0.25, 0.3) is 28.1 Å². The number of hydrogen-bond donors (Lipinski definition) is 1. The van der Waals surface area contributed by atoms with E-state index in [1.165, 1.54) is 30.3 Å². The molecule has 168 valence electrons. The maximum atomic E-state index is 14.2. The average molecular weight is 456 g/mol. The number of rotatable bonds is 5. The number of fused-ring (bicyclic) bond motifs is 1. The van der Waals surface area contributed by atoms with Gasteiger partial charge in [0.2, 0.25) is 0 Å². The third-order valence-electron chi connectivity index (χ3n) is 5.32. The maximum Gasteiger partial charge on any atom is 0.164 e. The van der Waals surface area contributed by atoms with Gasteiger partial charge in [0, 0.05) is 12.1 Å². The molecule has 5 aromatic rings. The summed E-state index contributed by atoms with van der Waals surface area (Å²) in [6, 6.07) is 11.0. The molecule has 1 unspecified atom stereocenters. The molecule has 12 heteroatoms. The minimum absolute atomic E-state index is 0.161. The third kappa shape index (κ3) is 3.45. The van der Waals surface area contributed by atoms with Gasteiger partial charge in [-0.3, -0.25) is 0 Å². The number of hydrogen-bond acceptors (Lipinski definition) is 9. The van der Waals surface area contributed by atoms with Crippen molar-refractivity contribution in [2.24, 2.45) is 0 Å². The zero-order chi connectivity index (χ0) is 23.8. The molecule has 0 amide bonds. The molecule has 5 rings (SSSR count). The smallest absolute Gasteiger partial charge is 0.164 e. The number of methoxy groups -OCH3 is 1. The van der Waals surface area contributed by atoms with Crippen molar-refractivity contribution < 1.29 is 9.13 Å². The highest BCUT2D eigenvalue weighted by molar-refractivity contribution is 5.97. The van der Waals surface area contributed by atoms with Gasteiger partial charge in [0.15, 0.2) is 5.65 Å². The summed E-state index contributed by atoms with van der Waals surface area (Å²) in [4.78, 5) is 12.8. The van der Waals surface area contributed by atoms with E-state index in [1.54, 1.807) is 35.1 Å². The summed E-state index contributed by atoms with van der Waals surface area (Å²) in [7, 11) is 1.50. The van der Waals surface area contributed by atoms with Gasteiger partial charge in [-0.1, -0.05) is 17.3 Å². The fourth-order valence-corrected chi connectivity index (χ4v) is 3.60. The molecule has 2 N–H and O–H groups in total. The van der Waals surface area contributed by atoms with Gasteiger partial charge in [0.1, 0.15) is 52.6 Å². The van der Waals surface area contributed by atoms with E-state index in [9.17, 15) is 9.65 Å². The van der Waals surface area contributed by atoms with Crippen LogP contribution in [0.3, 0.4) is 0 Å². The molecule has 0 fully saturated rings. The first-order chi connectivity index (χ1) is 16.5. The van der Waals surface area contributed by atoms with Crippen LogP contribution < -0.4 is 10.5 Å². The van der Waals surface area contributed by atoms with Crippen LogP contribution in [0, 0.1) is 17.1 Å². The molecule has 1 aromatic carbocycles. The van der Waals surface area contributed by atoms with Crippen molar-refractivity contribution in [1.29, 1.82) is 5.26 Å². The van der Waals surface area contributed by atoms with Crippen LogP contribution in [-0.2, 0) is 0 Å². The van der Waals surface area contributed by atoms with Crippen LogP contribution in [0.5, 0.6) is 5.75 Å².